The maximum absolute atomic E-state index is 12.4. The second kappa shape index (κ2) is 8.02. The minimum Gasteiger partial charge on any atom is -0.447 e. The van der Waals surface area contributed by atoms with E-state index in [-0.39, 0.29) is 12.0 Å². The number of piperazine rings is 1. The van der Waals surface area contributed by atoms with Gasteiger partial charge in [0.25, 0.3) is 0 Å². The van der Waals surface area contributed by atoms with Crippen LogP contribution in [0.3, 0.4) is 0 Å². The van der Waals surface area contributed by atoms with Crippen LogP contribution in [0.15, 0.2) is 60.7 Å². The molecule has 2 aliphatic heterocycles. The molecule has 6 heteroatoms. The molecule has 146 valence electrons. The normalized spacial score (nSPS) is 21.9. The lowest BCUT2D eigenvalue weighted by Gasteiger charge is -2.44. The van der Waals surface area contributed by atoms with Gasteiger partial charge in [-0.25, -0.2) is 4.79 Å². The van der Waals surface area contributed by atoms with Gasteiger partial charge in [-0.1, -0.05) is 60.7 Å². The van der Waals surface area contributed by atoms with E-state index in [1.54, 1.807) is 0 Å². The highest BCUT2D eigenvalue weighted by Crippen LogP contribution is 2.32. The van der Waals surface area contributed by atoms with E-state index in [0.717, 1.165) is 12.0 Å². The molecule has 2 saturated heterocycles. The van der Waals surface area contributed by atoms with Crippen molar-refractivity contribution < 1.29 is 14.3 Å². The third kappa shape index (κ3) is 4.02. The molecule has 6 nitrogen and oxygen atoms in total. The van der Waals surface area contributed by atoms with Crippen molar-refractivity contribution in [1.82, 2.24) is 15.1 Å². The summed E-state index contributed by atoms with van der Waals surface area (Å²) < 4.78 is 5.39. The largest absolute Gasteiger partial charge is 0.447 e. The number of nitrogens with one attached hydrogen (secondary N) is 1. The summed E-state index contributed by atoms with van der Waals surface area (Å²) in [5.74, 6) is -0.00240. The van der Waals surface area contributed by atoms with Gasteiger partial charge in [0.15, 0.2) is 0 Å². The van der Waals surface area contributed by atoms with Gasteiger partial charge in [-0.15, -0.1) is 0 Å². The minimum atomic E-state index is -0.406. The standard InChI is InChI=1S/C22H25N3O3/c26-20(23-14-19-9-5-2-6-10-19)15-24-11-12-25-21(27)28-17-22(25,16-24)13-18-7-3-1-4-8-18/h1-10H,11-17H2,(H,23,26). The van der Waals surface area contributed by atoms with E-state index >= 15 is 0 Å². The number of benzene rings is 2. The van der Waals surface area contributed by atoms with Gasteiger partial charge in [-0.05, 0) is 11.1 Å². The Labute approximate surface area is 165 Å². The van der Waals surface area contributed by atoms with Crippen LogP contribution in [0.4, 0.5) is 4.79 Å². The maximum atomic E-state index is 12.4. The van der Waals surface area contributed by atoms with Crippen LogP contribution in [0.1, 0.15) is 11.1 Å². The average molecular weight is 379 g/mol. The average Bonchev–Trinajstić information content (AvgIpc) is 3.03. The smallest absolute Gasteiger partial charge is 0.410 e. The zero-order chi connectivity index (χ0) is 19.4. The minimum absolute atomic E-state index is 0.00240. The molecule has 0 radical (unpaired) electrons. The molecule has 0 saturated carbocycles. The summed E-state index contributed by atoms with van der Waals surface area (Å²) in [5, 5.41) is 2.98. The number of hydrogen-bond acceptors (Lipinski definition) is 4. The molecule has 0 aromatic heterocycles. The summed E-state index contributed by atoms with van der Waals surface area (Å²) in [6, 6.07) is 20.0. The van der Waals surface area contributed by atoms with Crippen LogP contribution in [0, 0.1) is 0 Å². The molecule has 2 aromatic rings. The van der Waals surface area contributed by atoms with Gasteiger partial charge in [-0.2, -0.15) is 0 Å². The summed E-state index contributed by atoms with van der Waals surface area (Å²) in [4.78, 5) is 28.6. The van der Waals surface area contributed by atoms with Gasteiger partial charge in [0.2, 0.25) is 5.91 Å². The molecule has 0 spiro atoms. The van der Waals surface area contributed by atoms with E-state index in [4.69, 9.17) is 4.74 Å². The van der Waals surface area contributed by atoms with Gasteiger partial charge in [-0.3, -0.25) is 14.6 Å². The first-order valence-corrected chi connectivity index (χ1v) is 9.66. The molecule has 2 aromatic carbocycles. The van der Waals surface area contributed by atoms with Gasteiger partial charge in [0.1, 0.15) is 6.61 Å². The second-order valence-electron chi connectivity index (χ2n) is 7.57. The summed E-state index contributed by atoms with van der Waals surface area (Å²) in [7, 11) is 0. The van der Waals surface area contributed by atoms with Crippen molar-refractivity contribution in [2.45, 2.75) is 18.5 Å². The monoisotopic (exact) mass is 379 g/mol. The molecule has 2 heterocycles. The zero-order valence-electron chi connectivity index (χ0n) is 15.8. The van der Waals surface area contributed by atoms with E-state index in [0.29, 0.717) is 39.3 Å². The van der Waals surface area contributed by atoms with Crippen LogP contribution in [0.5, 0.6) is 0 Å². The first-order valence-electron chi connectivity index (χ1n) is 9.66. The van der Waals surface area contributed by atoms with Crippen LogP contribution in [-0.2, 0) is 22.5 Å². The highest BCUT2D eigenvalue weighted by molar-refractivity contribution is 5.78. The fourth-order valence-electron chi connectivity index (χ4n) is 4.11. The van der Waals surface area contributed by atoms with Crippen LogP contribution >= 0.6 is 0 Å². The molecule has 1 atom stereocenters. The van der Waals surface area contributed by atoms with Crippen LogP contribution < -0.4 is 5.32 Å². The van der Waals surface area contributed by atoms with Crippen molar-refractivity contribution in [3.63, 3.8) is 0 Å². The number of rotatable bonds is 6. The third-order valence-corrected chi connectivity index (χ3v) is 5.49. The Kier molecular flexibility index (Phi) is 5.30. The summed E-state index contributed by atoms with van der Waals surface area (Å²) in [6.45, 7) is 3.10. The Hall–Kier alpha value is -2.86. The van der Waals surface area contributed by atoms with Gasteiger partial charge in [0.05, 0.1) is 12.1 Å². The summed E-state index contributed by atoms with van der Waals surface area (Å²) in [6.07, 6.45) is 0.478. The molecule has 4 rings (SSSR count). The van der Waals surface area contributed by atoms with Crippen LogP contribution in [0.25, 0.3) is 0 Å². The van der Waals surface area contributed by atoms with E-state index < -0.39 is 5.54 Å². The Balaban J connectivity index is 1.39. The van der Waals surface area contributed by atoms with Crippen molar-refractivity contribution in [3.05, 3.63) is 71.8 Å². The maximum Gasteiger partial charge on any atom is 0.410 e. The number of amides is 2. The predicted octanol–water partition coefficient (Wildman–Crippen LogP) is 2.05. The highest BCUT2D eigenvalue weighted by Gasteiger charge is 2.50. The quantitative estimate of drug-likeness (QED) is 0.835. The zero-order valence-corrected chi connectivity index (χ0v) is 15.8. The van der Waals surface area contributed by atoms with Crippen molar-refractivity contribution in [1.29, 1.82) is 0 Å². The van der Waals surface area contributed by atoms with Crippen molar-refractivity contribution >= 4 is 12.0 Å². The Bertz CT molecular complexity index is 827. The number of fused-ring (bicyclic) bond motifs is 1. The number of nitrogens with zero attached hydrogens (tertiary/aromatic N) is 2. The summed E-state index contributed by atoms with van der Waals surface area (Å²) >= 11 is 0. The van der Waals surface area contributed by atoms with Gasteiger partial charge >= 0.3 is 6.09 Å². The highest BCUT2D eigenvalue weighted by atomic mass is 16.6. The molecule has 28 heavy (non-hydrogen) atoms. The molecule has 1 unspecified atom stereocenters. The number of hydrogen-bond donors (Lipinski definition) is 1. The predicted molar refractivity (Wildman–Crippen MR) is 106 cm³/mol. The Morgan fingerprint density at radius 1 is 1.00 bits per heavy atom. The first kappa shape index (κ1) is 18.5. The van der Waals surface area contributed by atoms with Crippen molar-refractivity contribution in [2.24, 2.45) is 0 Å². The number of carbonyl (C=O) groups is 2. The van der Waals surface area contributed by atoms with Crippen LogP contribution in [-0.4, -0.2) is 60.1 Å². The fraction of sp³-hybridized carbons (Fsp3) is 0.364. The second-order valence-corrected chi connectivity index (χ2v) is 7.57. The van der Waals surface area contributed by atoms with Crippen LogP contribution in [0.2, 0.25) is 0 Å². The number of ether oxygens (including phenoxy) is 1. The van der Waals surface area contributed by atoms with Crippen molar-refractivity contribution in [2.75, 3.05) is 32.8 Å². The van der Waals surface area contributed by atoms with Gasteiger partial charge < -0.3 is 10.1 Å². The number of cyclic esters (lactones) is 1. The van der Waals surface area contributed by atoms with Gasteiger partial charge in [0, 0.05) is 32.6 Å². The molecular formula is C22H25N3O3. The topological polar surface area (TPSA) is 61.9 Å². The molecule has 2 aliphatic rings. The molecule has 0 bridgehead atoms. The fourth-order valence-corrected chi connectivity index (χ4v) is 4.11. The first-order chi connectivity index (χ1) is 13.6. The van der Waals surface area contributed by atoms with E-state index in [9.17, 15) is 9.59 Å². The lowest BCUT2D eigenvalue weighted by Crippen LogP contribution is -2.63. The van der Waals surface area contributed by atoms with E-state index in [1.165, 1.54) is 5.56 Å². The third-order valence-electron chi connectivity index (χ3n) is 5.49. The Morgan fingerprint density at radius 3 is 2.39 bits per heavy atom. The molecule has 2 amide bonds. The molecule has 2 fully saturated rings. The Morgan fingerprint density at radius 2 is 1.68 bits per heavy atom. The lowest BCUT2D eigenvalue weighted by atomic mass is 9.88. The van der Waals surface area contributed by atoms with Crippen molar-refractivity contribution in [3.8, 4) is 0 Å². The number of carbonyl (C=O) groups excluding carboxylic acids is 2. The molecule has 0 aliphatic carbocycles. The van der Waals surface area contributed by atoms with E-state index in [2.05, 4.69) is 22.3 Å². The summed E-state index contributed by atoms with van der Waals surface area (Å²) in [5.41, 5.74) is 1.84. The van der Waals surface area contributed by atoms with E-state index in [1.807, 2.05) is 53.4 Å². The molecular weight excluding hydrogens is 354 g/mol. The molecule has 1 N–H and O–H groups in total. The SMILES string of the molecule is O=C(CN1CCN2C(=O)OCC2(Cc2ccccc2)C1)NCc1ccccc1. The lowest BCUT2D eigenvalue weighted by molar-refractivity contribution is -0.123.